The maximum atomic E-state index is 14.6. The number of carbonyl (C=O) groups excluding carboxylic acids is 2. The highest BCUT2D eigenvalue weighted by Crippen LogP contribution is 2.34. The zero-order valence-corrected chi connectivity index (χ0v) is 20.0. The van der Waals surface area contributed by atoms with Crippen LogP contribution in [0.25, 0.3) is 22.0 Å². The quantitative estimate of drug-likeness (QED) is 0.496. The van der Waals surface area contributed by atoms with Gasteiger partial charge in [-0.15, -0.1) is 0 Å². The van der Waals surface area contributed by atoms with Gasteiger partial charge in [0.1, 0.15) is 5.82 Å². The van der Waals surface area contributed by atoms with Crippen LogP contribution in [0.4, 0.5) is 4.39 Å². The summed E-state index contributed by atoms with van der Waals surface area (Å²) in [6.45, 7) is 8.79. The summed E-state index contributed by atoms with van der Waals surface area (Å²) in [5.41, 5.74) is 4.25. The summed E-state index contributed by atoms with van der Waals surface area (Å²) in [6.07, 6.45) is 1.91. The fourth-order valence-corrected chi connectivity index (χ4v) is 4.72. The Bertz CT molecular complexity index is 1200. The van der Waals surface area contributed by atoms with E-state index in [4.69, 9.17) is 0 Å². The molecule has 1 saturated heterocycles. The zero-order valence-electron chi connectivity index (χ0n) is 20.0. The van der Waals surface area contributed by atoms with Crippen molar-refractivity contribution in [1.82, 2.24) is 25.7 Å². The third-order valence-corrected chi connectivity index (χ3v) is 6.58. The molecule has 3 N–H and O–H groups in total. The molecule has 2 heterocycles. The molecule has 180 valence electrons. The van der Waals surface area contributed by atoms with Crippen LogP contribution in [0.1, 0.15) is 54.2 Å². The van der Waals surface area contributed by atoms with Crippen molar-refractivity contribution in [3.63, 3.8) is 0 Å². The van der Waals surface area contributed by atoms with E-state index in [1.165, 1.54) is 6.07 Å². The van der Waals surface area contributed by atoms with Crippen molar-refractivity contribution in [2.75, 3.05) is 32.7 Å². The molecule has 0 saturated carbocycles. The van der Waals surface area contributed by atoms with Gasteiger partial charge in [-0.1, -0.05) is 12.1 Å². The van der Waals surface area contributed by atoms with Gasteiger partial charge in [-0.3, -0.25) is 19.6 Å². The lowest BCUT2D eigenvalue weighted by molar-refractivity contribution is -0.122. The van der Waals surface area contributed by atoms with E-state index >= 15 is 0 Å². The monoisotopic (exact) mass is 465 g/mol. The Morgan fingerprint density at radius 1 is 1.12 bits per heavy atom. The first-order chi connectivity index (χ1) is 16.4. The fraction of sp³-hybridized carbons (Fsp3) is 0.423. The van der Waals surface area contributed by atoms with Crippen molar-refractivity contribution in [1.29, 1.82) is 0 Å². The molecule has 1 aliphatic heterocycles. The molecule has 34 heavy (non-hydrogen) atoms. The highest BCUT2D eigenvalue weighted by atomic mass is 19.1. The largest absolute Gasteiger partial charge is 0.355 e. The Labute approximate surface area is 199 Å². The molecule has 0 atom stereocenters. The van der Waals surface area contributed by atoms with Crippen LogP contribution >= 0.6 is 0 Å². The van der Waals surface area contributed by atoms with Gasteiger partial charge in [0.2, 0.25) is 5.91 Å². The van der Waals surface area contributed by atoms with E-state index < -0.39 is 5.82 Å². The van der Waals surface area contributed by atoms with Gasteiger partial charge in [0.25, 0.3) is 5.91 Å². The maximum Gasteiger partial charge on any atom is 0.251 e. The molecule has 8 heteroatoms. The second kappa shape index (κ2) is 10.3. The van der Waals surface area contributed by atoms with Gasteiger partial charge >= 0.3 is 0 Å². The molecule has 1 aliphatic rings. The van der Waals surface area contributed by atoms with Crippen molar-refractivity contribution in [3.8, 4) is 11.1 Å². The first kappa shape index (κ1) is 23.9. The third-order valence-electron chi connectivity index (χ3n) is 6.58. The molecular formula is C26H32FN5O2. The van der Waals surface area contributed by atoms with Crippen molar-refractivity contribution >= 4 is 22.7 Å². The smallest absolute Gasteiger partial charge is 0.251 e. The van der Waals surface area contributed by atoms with Gasteiger partial charge in [0, 0.05) is 35.7 Å². The molecule has 0 bridgehead atoms. The number of amides is 2. The van der Waals surface area contributed by atoms with Crippen LogP contribution in [0.15, 0.2) is 30.3 Å². The number of piperidine rings is 1. The molecule has 3 aromatic rings. The summed E-state index contributed by atoms with van der Waals surface area (Å²) in [5, 5.41) is 14.4. The molecule has 2 aromatic carbocycles. The zero-order chi connectivity index (χ0) is 24.2. The highest BCUT2D eigenvalue weighted by molar-refractivity contribution is 5.96. The van der Waals surface area contributed by atoms with Crippen LogP contribution in [-0.4, -0.2) is 59.6 Å². The summed E-state index contributed by atoms with van der Waals surface area (Å²) in [4.78, 5) is 26.3. The number of halogens is 1. The topological polar surface area (TPSA) is 90.1 Å². The molecule has 0 unspecified atom stereocenters. The summed E-state index contributed by atoms with van der Waals surface area (Å²) >= 11 is 0. The second-order valence-electron chi connectivity index (χ2n) is 8.86. The van der Waals surface area contributed by atoms with E-state index in [-0.39, 0.29) is 11.8 Å². The van der Waals surface area contributed by atoms with Crippen LogP contribution < -0.4 is 10.6 Å². The lowest BCUT2D eigenvalue weighted by Crippen LogP contribution is -2.41. The van der Waals surface area contributed by atoms with Crippen LogP contribution in [-0.2, 0) is 4.79 Å². The van der Waals surface area contributed by atoms with Gasteiger partial charge in [-0.25, -0.2) is 4.39 Å². The Kier molecular flexibility index (Phi) is 7.26. The molecule has 1 fully saturated rings. The van der Waals surface area contributed by atoms with Crippen molar-refractivity contribution in [2.24, 2.45) is 0 Å². The van der Waals surface area contributed by atoms with E-state index in [1.807, 2.05) is 32.0 Å². The van der Waals surface area contributed by atoms with Crippen LogP contribution in [0.2, 0.25) is 0 Å². The number of aromatic nitrogens is 2. The van der Waals surface area contributed by atoms with Gasteiger partial charge in [-0.2, -0.15) is 5.10 Å². The molecule has 0 radical (unpaired) electrons. The van der Waals surface area contributed by atoms with Gasteiger partial charge in [-0.05, 0) is 81.6 Å². The average molecular weight is 466 g/mol. The third kappa shape index (κ3) is 4.97. The molecule has 1 aromatic heterocycles. The van der Waals surface area contributed by atoms with E-state index in [0.29, 0.717) is 42.2 Å². The number of benzene rings is 2. The van der Waals surface area contributed by atoms with Gasteiger partial charge in [0.15, 0.2) is 0 Å². The highest BCUT2D eigenvalue weighted by Gasteiger charge is 2.25. The first-order valence-corrected chi connectivity index (χ1v) is 12.0. The lowest BCUT2D eigenvalue weighted by Gasteiger charge is -2.31. The van der Waals surface area contributed by atoms with Crippen LogP contribution in [0, 0.1) is 12.7 Å². The average Bonchev–Trinajstić information content (AvgIpc) is 3.25. The minimum absolute atomic E-state index is 0.0726. The minimum atomic E-state index is -0.402. The van der Waals surface area contributed by atoms with Crippen molar-refractivity contribution in [3.05, 3.63) is 53.0 Å². The Morgan fingerprint density at radius 2 is 1.85 bits per heavy atom. The van der Waals surface area contributed by atoms with E-state index in [0.717, 1.165) is 48.1 Å². The number of likely N-dealkylation sites (N-methyl/N-ethyl adjacent to an activating group) is 1. The SMILES string of the molecule is CCNC(=O)CN1CCC(c2[nH]nc3cc(-c4cc(C(=O)NCC)cc(F)c4C)ccc23)CC1. The molecule has 0 spiro atoms. The maximum absolute atomic E-state index is 14.6. The van der Waals surface area contributed by atoms with Gasteiger partial charge in [0.05, 0.1) is 12.1 Å². The number of nitrogens with zero attached hydrogens (tertiary/aromatic N) is 2. The number of hydrogen-bond acceptors (Lipinski definition) is 4. The van der Waals surface area contributed by atoms with Crippen LogP contribution in [0.3, 0.4) is 0 Å². The predicted molar refractivity (Wildman–Crippen MR) is 131 cm³/mol. The fourth-order valence-electron chi connectivity index (χ4n) is 4.72. The van der Waals surface area contributed by atoms with E-state index in [2.05, 4.69) is 25.7 Å². The first-order valence-electron chi connectivity index (χ1n) is 12.0. The number of rotatable bonds is 7. The Morgan fingerprint density at radius 3 is 2.56 bits per heavy atom. The van der Waals surface area contributed by atoms with E-state index in [1.54, 1.807) is 13.0 Å². The molecular weight excluding hydrogens is 433 g/mol. The van der Waals surface area contributed by atoms with Crippen LogP contribution in [0.5, 0.6) is 0 Å². The normalized spacial score (nSPS) is 14.9. The number of aromatic amines is 1. The number of H-pyrrole nitrogens is 1. The summed E-state index contributed by atoms with van der Waals surface area (Å²) < 4.78 is 14.6. The summed E-state index contributed by atoms with van der Waals surface area (Å²) in [5.74, 6) is -0.268. The predicted octanol–water partition coefficient (Wildman–Crippen LogP) is 3.74. The minimum Gasteiger partial charge on any atom is -0.355 e. The molecule has 2 amide bonds. The lowest BCUT2D eigenvalue weighted by atomic mass is 9.90. The molecule has 0 aliphatic carbocycles. The van der Waals surface area contributed by atoms with E-state index in [9.17, 15) is 14.0 Å². The number of nitrogens with one attached hydrogen (secondary N) is 3. The molecule has 7 nitrogen and oxygen atoms in total. The second-order valence-corrected chi connectivity index (χ2v) is 8.86. The Balaban J connectivity index is 1.55. The Hall–Kier alpha value is -3.26. The number of carbonyl (C=O) groups is 2. The standard InChI is InChI=1S/C26H32FN5O2/c1-4-28-24(33)15-32-10-8-17(9-11-32)25-20-7-6-18(14-23(20)30-31-25)21-12-19(26(34)29-5-2)13-22(27)16(21)3/h6-7,12-14,17H,4-5,8-11,15H2,1-3H3,(H,28,33)(H,29,34)(H,30,31). The number of likely N-dealkylation sites (tertiary alicyclic amines) is 1. The van der Waals surface area contributed by atoms with Gasteiger partial charge < -0.3 is 10.6 Å². The van der Waals surface area contributed by atoms with Crippen molar-refractivity contribution in [2.45, 2.75) is 39.5 Å². The summed E-state index contributed by atoms with van der Waals surface area (Å²) in [6, 6.07) is 8.97. The number of hydrogen-bond donors (Lipinski definition) is 3. The van der Waals surface area contributed by atoms with Crippen molar-refractivity contribution < 1.29 is 14.0 Å². The summed E-state index contributed by atoms with van der Waals surface area (Å²) in [7, 11) is 0. The molecule has 4 rings (SSSR count). The number of fused-ring (bicyclic) bond motifs is 1.